The number of halogens is 3. The largest absolute Gasteiger partial charge is 0.482 e. The van der Waals surface area contributed by atoms with Crippen LogP contribution in [0.15, 0.2) is 18.2 Å². The first-order chi connectivity index (χ1) is 9.60. The van der Waals surface area contributed by atoms with Gasteiger partial charge in [0.15, 0.2) is 6.61 Å². The Labute approximate surface area is 140 Å². The molecule has 0 aromatic heterocycles. The van der Waals surface area contributed by atoms with Crippen LogP contribution in [0.5, 0.6) is 5.75 Å². The Morgan fingerprint density at radius 3 is 2.81 bits per heavy atom. The van der Waals surface area contributed by atoms with Gasteiger partial charge < -0.3 is 15.8 Å². The molecule has 3 N–H and O–H groups in total. The van der Waals surface area contributed by atoms with E-state index in [4.69, 9.17) is 33.7 Å². The highest BCUT2D eigenvalue weighted by Crippen LogP contribution is 2.27. The summed E-state index contributed by atoms with van der Waals surface area (Å²) in [5, 5.41) is 3.89. The fourth-order valence-corrected chi connectivity index (χ4v) is 2.96. The summed E-state index contributed by atoms with van der Waals surface area (Å²) in [6.45, 7) is 0.546. The van der Waals surface area contributed by atoms with Crippen LogP contribution in [0.1, 0.15) is 19.3 Å². The lowest BCUT2D eigenvalue weighted by molar-refractivity contribution is -0.124. The van der Waals surface area contributed by atoms with E-state index in [1.165, 1.54) is 0 Å². The minimum atomic E-state index is -0.152. The standard InChI is InChI=1S/C14H18Cl2N2O2.ClH/c15-10-4-5-13(11(16)6-10)20-8-14(19)18-12-3-1-2-9(12)7-17;/h4-6,9,12H,1-3,7-8,17H2,(H,18,19);1H. The molecular weight excluding hydrogens is 335 g/mol. The topological polar surface area (TPSA) is 64.3 Å². The summed E-state index contributed by atoms with van der Waals surface area (Å²) in [4.78, 5) is 11.9. The summed E-state index contributed by atoms with van der Waals surface area (Å²) in [6.07, 6.45) is 3.16. The maximum absolute atomic E-state index is 11.9. The monoisotopic (exact) mass is 352 g/mol. The van der Waals surface area contributed by atoms with Crippen molar-refractivity contribution in [1.29, 1.82) is 0 Å². The Bertz CT molecular complexity index is 485. The number of rotatable bonds is 5. The second-order valence-electron chi connectivity index (χ2n) is 4.96. The number of carbonyl (C=O) groups is 1. The summed E-state index contributed by atoms with van der Waals surface area (Å²) in [6, 6.07) is 5.06. The number of hydrogen-bond acceptors (Lipinski definition) is 3. The summed E-state index contributed by atoms with van der Waals surface area (Å²) in [5.74, 6) is 0.674. The van der Waals surface area contributed by atoms with Gasteiger partial charge in [-0.3, -0.25) is 4.79 Å². The number of carbonyl (C=O) groups excluding carboxylic acids is 1. The van der Waals surface area contributed by atoms with Gasteiger partial charge in [0.05, 0.1) is 5.02 Å². The predicted octanol–water partition coefficient (Wildman–Crippen LogP) is 3.04. The molecule has 1 fully saturated rings. The molecule has 0 heterocycles. The van der Waals surface area contributed by atoms with E-state index in [0.717, 1.165) is 19.3 Å². The molecule has 1 aliphatic carbocycles. The Kier molecular flexibility index (Phi) is 7.60. The smallest absolute Gasteiger partial charge is 0.258 e. The Hall–Kier alpha value is -0.680. The van der Waals surface area contributed by atoms with E-state index in [-0.39, 0.29) is 31.0 Å². The number of amides is 1. The Morgan fingerprint density at radius 1 is 1.38 bits per heavy atom. The van der Waals surface area contributed by atoms with Gasteiger partial charge in [-0.05, 0) is 43.5 Å². The number of nitrogens with one attached hydrogen (secondary N) is 1. The van der Waals surface area contributed by atoms with Gasteiger partial charge in [0.2, 0.25) is 0 Å². The normalized spacial score (nSPS) is 20.7. The van der Waals surface area contributed by atoms with Crippen molar-refractivity contribution >= 4 is 41.5 Å². The van der Waals surface area contributed by atoms with Crippen LogP contribution in [-0.4, -0.2) is 25.1 Å². The molecule has 1 aliphatic rings. The summed E-state index contributed by atoms with van der Waals surface area (Å²) >= 11 is 11.8. The summed E-state index contributed by atoms with van der Waals surface area (Å²) in [7, 11) is 0. The van der Waals surface area contributed by atoms with Crippen molar-refractivity contribution in [2.24, 2.45) is 11.7 Å². The first kappa shape index (κ1) is 18.4. The zero-order valence-electron chi connectivity index (χ0n) is 11.5. The van der Waals surface area contributed by atoms with E-state index < -0.39 is 0 Å². The van der Waals surface area contributed by atoms with Crippen molar-refractivity contribution in [3.63, 3.8) is 0 Å². The molecule has 1 saturated carbocycles. The van der Waals surface area contributed by atoms with Crippen molar-refractivity contribution in [2.45, 2.75) is 25.3 Å². The first-order valence-corrected chi connectivity index (χ1v) is 7.43. The summed E-state index contributed by atoms with van der Waals surface area (Å²) < 4.78 is 5.40. The van der Waals surface area contributed by atoms with Gasteiger partial charge in [0, 0.05) is 11.1 Å². The van der Waals surface area contributed by atoms with Gasteiger partial charge in [-0.15, -0.1) is 12.4 Å². The van der Waals surface area contributed by atoms with Gasteiger partial charge in [0.25, 0.3) is 5.91 Å². The average Bonchev–Trinajstić information content (AvgIpc) is 2.85. The molecule has 0 saturated heterocycles. The Morgan fingerprint density at radius 2 is 2.14 bits per heavy atom. The van der Waals surface area contributed by atoms with Crippen LogP contribution in [0, 0.1) is 5.92 Å². The van der Waals surface area contributed by atoms with Crippen LogP contribution in [0.25, 0.3) is 0 Å². The van der Waals surface area contributed by atoms with E-state index in [0.29, 0.717) is 28.3 Å². The molecule has 2 atom stereocenters. The molecule has 0 spiro atoms. The third-order valence-electron chi connectivity index (χ3n) is 3.56. The SMILES string of the molecule is Cl.NCC1CCCC1NC(=O)COc1ccc(Cl)cc1Cl. The molecule has 2 unspecified atom stereocenters. The molecule has 21 heavy (non-hydrogen) atoms. The molecule has 1 amide bonds. The minimum absolute atomic E-state index is 0. The number of hydrogen-bond donors (Lipinski definition) is 2. The molecular formula is C14H19Cl3N2O2. The molecule has 0 aliphatic heterocycles. The maximum Gasteiger partial charge on any atom is 0.258 e. The highest BCUT2D eigenvalue weighted by Gasteiger charge is 2.27. The van der Waals surface area contributed by atoms with E-state index in [9.17, 15) is 4.79 Å². The van der Waals surface area contributed by atoms with Crippen LogP contribution in [0.2, 0.25) is 10.0 Å². The zero-order valence-corrected chi connectivity index (χ0v) is 13.8. The van der Waals surface area contributed by atoms with Crippen molar-refractivity contribution in [1.82, 2.24) is 5.32 Å². The van der Waals surface area contributed by atoms with E-state index in [1.54, 1.807) is 18.2 Å². The molecule has 1 aromatic carbocycles. The van der Waals surface area contributed by atoms with Crippen LogP contribution in [0.4, 0.5) is 0 Å². The average molecular weight is 354 g/mol. The zero-order chi connectivity index (χ0) is 14.5. The minimum Gasteiger partial charge on any atom is -0.482 e. The van der Waals surface area contributed by atoms with Crippen LogP contribution in [-0.2, 0) is 4.79 Å². The molecule has 2 rings (SSSR count). The highest BCUT2D eigenvalue weighted by atomic mass is 35.5. The Balaban J connectivity index is 0.00000220. The molecule has 7 heteroatoms. The quantitative estimate of drug-likeness (QED) is 0.855. The molecule has 0 radical (unpaired) electrons. The van der Waals surface area contributed by atoms with Crippen LogP contribution < -0.4 is 15.8 Å². The predicted molar refractivity (Wildman–Crippen MR) is 87.5 cm³/mol. The van der Waals surface area contributed by atoms with Gasteiger partial charge in [-0.25, -0.2) is 0 Å². The van der Waals surface area contributed by atoms with Gasteiger partial charge in [-0.1, -0.05) is 29.6 Å². The molecule has 0 bridgehead atoms. The van der Waals surface area contributed by atoms with E-state index in [2.05, 4.69) is 5.32 Å². The number of benzene rings is 1. The fraction of sp³-hybridized carbons (Fsp3) is 0.500. The van der Waals surface area contributed by atoms with Crippen molar-refractivity contribution < 1.29 is 9.53 Å². The third-order valence-corrected chi connectivity index (χ3v) is 4.09. The summed E-state index contributed by atoms with van der Waals surface area (Å²) in [5.41, 5.74) is 5.69. The second-order valence-corrected chi connectivity index (χ2v) is 5.81. The first-order valence-electron chi connectivity index (χ1n) is 6.67. The maximum atomic E-state index is 11.9. The van der Waals surface area contributed by atoms with Gasteiger partial charge >= 0.3 is 0 Å². The van der Waals surface area contributed by atoms with Crippen LogP contribution in [0.3, 0.4) is 0 Å². The lowest BCUT2D eigenvalue weighted by Gasteiger charge is -2.19. The number of nitrogens with two attached hydrogens (primary N) is 1. The number of ether oxygens (including phenoxy) is 1. The third kappa shape index (κ3) is 5.22. The lowest BCUT2D eigenvalue weighted by atomic mass is 10.0. The molecule has 1 aromatic rings. The van der Waals surface area contributed by atoms with Crippen LogP contribution >= 0.6 is 35.6 Å². The van der Waals surface area contributed by atoms with Gasteiger partial charge in [-0.2, -0.15) is 0 Å². The van der Waals surface area contributed by atoms with Crippen molar-refractivity contribution in [3.05, 3.63) is 28.2 Å². The van der Waals surface area contributed by atoms with Crippen molar-refractivity contribution in [3.8, 4) is 5.75 Å². The van der Waals surface area contributed by atoms with E-state index in [1.807, 2.05) is 0 Å². The van der Waals surface area contributed by atoms with Gasteiger partial charge in [0.1, 0.15) is 5.75 Å². The highest BCUT2D eigenvalue weighted by molar-refractivity contribution is 6.35. The van der Waals surface area contributed by atoms with Crippen molar-refractivity contribution in [2.75, 3.05) is 13.2 Å². The molecule has 118 valence electrons. The lowest BCUT2D eigenvalue weighted by Crippen LogP contribution is -2.42. The van der Waals surface area contributed by atoms with E-state index >= 15 is 0 Å². The fourth-order valence-electron chi connectivity index (χ4n) is 2.49. The second kappa shape index (κ2) is 8.69. The molecule has 4 nitrogen and oxygen atoms in total.